The highest BCUT2D eigenvalue weighted by Crippen LogP contribution is 2.32. The predicted octanol–water partition coefficient (Wildman–Crippen LogP) is 2.84. The van der Waals surface area contributed by atoms with Crippen molar-refractivity contribution in [2.75, 3.05) is 44.8 Å². The van der Waals surface area contributed by atoms with E-state index >= 15 is 0 Å². The first-order valence-corrected chi connectivity index (χ1v) is 9.65. The molecule has 2 aromatic rings. The second-order valence-electron chi connectivity index (χ2n) is 7.23. The van der Waals surface area contributed by atoms with Crippen molar-refractivity contribution in [3.05, 3.63) is 53.6 Å². The van der Waals surface area contributed by atoms with E-state index in [1.165, 1.54) is 11.6 Å². The number of nitrogens with one attached hydrogen (secondary N) is 1. The molecule has 0 spiro atoms. The Morgan fingerprint density at radius 1 is 0.931 bits per heavy atom. The van der Waals surface area contributed by atoms with E-state index in [9.17, 15) is 13.6 Å². The van der Waals surface area contributed by atoms with Crippen LogP contribution in [0, 0.1) is 11.6 Å². The molecule has 0 radical (unpaired) electrons. The van der Waals surface area contributed by atoms with Crippen molar-refractivity contribution in [3.8, 4) is 11.5 Å². The van der Waals surface area contributed by atoms with E-state index in [1.807, 2.05) is 12.1 Å². The Hall–Kier alpha value is -2.71. The summed E-state index contributed by atoms with van der Waals surface area (Å²) >= 11 is 0. The molecule has 1 saturated heterocycles. The summed E-state index contributed by atoms with van der Waals surface area (Å²) in [5.74, 6) is -0.518. The molecule has 6 nitrogen and oxygen atoms in total. The number of anilines is 1. The van der Waals surface area contributed by atoms with Crippen molar-refractivity contribution in [3.63, 3.8) is 0 Å². The fourth-order valence-corrected chi connectivity index (χ4v) is 3.53. The van der Waals surface area contributed by atoms with Crippen LogP contribution in [0.2, 0.25) is 0 Å². The number of benzene rings is 2. The van der Waals surface area contributed by atoms with Crippen LogP contribution in [0.15, 0.2) is 36.4 Å². The molecular formula is C21H23F2N3O3. The van der Waals surface area contributed by atoms with Gasteiger partial charge in [-0.25, -0.2) is 8.78 Å². The van der Waals surface area contributed by atoms with Gasteiger partial charge in [-0.1, -0.05) is 6.07 Å². The molecule has 29 heavy (non-hydrogen) atoms. The Morgan fingerprint density at radius 2 is 1.69 bits per heavy atom. The van der Waals surface area contributed by atoms with Gasteiger partial charge in [0.15, 0.2) is 23.1 Å². The van der Waals surface area contributed by atoms with Crippen LogP contribution in [0.4, 0.5) is 14.5 Å². The van der Waals surface area contributed by atoms with E-state index in [4.69, 9.17) is 9.47 Å². The van der Waals surface area contributed by atoms with Gasteiger partial charge >= 0.3 is 0 Å². The largest absolute Gasteiger partial charge is 0.454 e. The maximum absolute atomic E-state index is 13.2. The summed E-state index contributed by atoms with van der Waals surface area (Å²) in [6, 6.07) is 9.37. The van der Waals surface area contributed by atoms with E-state index in [-0.39, 0.29) is 18.4 Å². The molecule has 0 unspecified atom stereocenters. The number of carbonyl (C=O) groups is 1. The molecule has 154 valence electrons. The quantitative estimate of drug-likeness (QED) is 0.804. The van der Waals surface area contributed by atoms with E-state index in [2.05, 4.69) is 21.2 Å². The lowest BCUT2D eigenvalue weighted by Gasteiger charge is -2.34. The number of halogens is 2. The Labute approximate surface area is 168 Å². The van der Waals surface area contributed by atoms with Crippen LogP contribution < -0.4 is 14.8 Å². The Balaban J connectivity index is 1.19. The number of ether oxygens (including phenoxy) is 2. The summed E-state index contributed by atoms with van der Waals surface area (Å²) in [5, 5.41) is 2.61. The van der Waals surface area contributed by atoms with Gasteiger partial charge < -0.3 is 19.7 Å². The molecule has 0 bridgehead atoms. The Morgan fingerprint density at radius 3 is 2.48 bits per heavy atom. The van der Waals surface area contributed by atoms with E-state index < -0.39 is 11.6 Å². The summed E-state index contributed by atoms with van der Waals surface area (Å²) in [7, 11) is 0. The minimum Gasteiger partial charge on any atom is -0.454 e. The van der Waals surface area contributed by atoms with Gasteiger partial charge in [-0.15, -0.1) is 0 Å². The van der Waals surface area contributed by atoms with Crippen LogP contribution >= 0.6 is 0 Å². The zero-order valence-corrected chi connectivity index (χ0v) is 16.0. The first-order chi connectivity index (χ1) is 14.1. The number of amides is 1. The van der Waals surface area contributed by atoms with Gasteiger partial charge in [-0.2, -0.15) is 0 Å². The minimum absolute atomic E-state index is 0.209. The highest BCUT2D eigenvalue weighted by molar-refractivity contribution is 5.90. The van der Waals surface area contributed by atoms with Gasteiger partial charge in [0.2, 0.25) is 12.7 Å². The lowest BCUT2D eigenvalue weighted by atomic mass is 10.1. The van der Waals surface area contributed by atoms with Gasteiger partial charge in [0.1, 0.15) is 0 Å². The maximum Gasteiger partial charge on any atom is 0.231 e. The summed E-state index contributed by atoms with van der Waals surface area (Å²) < 4.78 is 36.9. The molecule has 0 saturated carbocycles. The molecule has 2 aromatic carbocycles. The minimum atomic E-state index is -0.971. The molecule has 8 heteroatoms. The summed E-state index contributed by atoms with van der Waals surface area (Å²) in [5.41, 5.74) is 1.45. The number of nitrogens with zero attached hydrogens (tertiary/aromatic N) is 2. The third-order valence-electron chi connectivity index (χ3n) is 5.17. The molecular weight excluding hydrogens is 380 g/mol. The number of piperazine rings is 1. The standard InChI is InChI=1S/C21H23F2N3O3/c22-17-3-2-16(12-18(17)23)24-21(27)5-6-25-7-9-26(10-8-25)13-15-1-4-19-20(11-15)29-14-28-19/h1-4,11-12H,5-10,13-14H2,(H,24,27). The molecule has 2 aliphatic rings. The van der Waals surface area contributed by atoms with Gasteiger partial charge in [0, 0.05) is 57.4 Å². The monoisotopic (exact) mass is 403 g/mol. The Bertz CT molecular complexity index is 885. The number of hydrogen-bond acceptors (Lipinski definition) is 5. The number of rotatable bonds is 6. The van der Waals surface area contributed by atoms with Crippen molar-refractivity contribution < 1.29 is 23.0 Å². The second kappa shape index (κ2) is 8.75. The van der Waals surface area contributed by atoms with Gasteiger partial charge in [0.05, 0.1) is 0 Å². The smallest absolute Gasteiger partial charge is 0.231 e. The highest BCUT2D eigenvalue weighted by atomic mass is 19.2. The summed E-state index contributed by atoms with van der Waals surface area (Å²) in [6.07, 6.45) is 0.307. The fraction of sp³-hybridized carbons (Fsp3) is 0.381. The topological polar surface area (TPSA) is 54.0 Å². The maximum atomic E-state index is 13.2. The predicted molar refractivity (Wildman–Crippen MR) is 104 cm³/mol. The highest BCUT2D eigenvalue weighted by Gasteiger charge is 2.19. The van der Waals surface area contributed by atoms with Gasteiger partial charge in [0.25, 0.3) is 0 Å². The molecule has 2 aliphatic heterocycles. The lowest BCUT2D eigenvalue weighted by molar-refractivity contribution is -0.116. The molecule has 0 atom stereocenters. The summed E-state index contributed by atoms with van der Waals surface area (Å²) in [6.45, 7) is 5.35. The molecule has 0 aromatic heterocycles. The van der Waals surface area contributed by atoms with Crippen molar-refractivity contribution in [2.24, 2.45) is 0 Å². The first-order valence-electron chi connectivity index (χ1n) is 9.65. The number of hydrogen-bond donors (Lipinski definition) is 1. The number of fused-ring (bicyclic) bond motifs is 1. The third kappa shape index (κ3) is 5.02. The molecule has 1 fully saturated rings. The fourth-order valence-electron chi connectivity index (χ4n) is 3.53. The lowest BCUT2D eigenvalue weighted by Crippen LogP contribution is -2.46. The normalized spacial score (nSPS) is 16.8. The van der Waals surface area contributed by atoms with Crippen molar-refractivity contribution in [2.45, 2.75) is 13.0 Å². The average Bonchev–Trinajstić information content (AvgIpc) is 3.18. The molecule has 4 rings (SSSR count). The van der Waals surface area contributed by atoms with Gasteiger partial charge in [-0.05, 0) is 29.8 Å². The van der Waals surface area contributed by atoms with Crippen LogP contribution in [0.1, 0.15) is 12.0 Å². The molecule has 0 aliphatic carbocycles. The third-order valence-corrected chi connectivity index (χ3v) is 5.17. The SMILES string of the molecule is O=C(CCN1CCN(Cc2ccc3c(c2)OCO3)CC1)Nc1ccc(F)c(F)c1. The second-order valence-corrected chi connectivity index (χ2v) is 7.23. The van der Waals surface area contributed by atoms with E-state index in [1.54, 1.807) is 0 Å². The zero-order chi connectivity index (χ0) is 20.2. The molecule has 1 N–H and O–H groups in total. The van der Waals surface area contributed by atoms with Crippen molar-refractivity contribution in [1.82, 2.24) is 9.80 Å². The van der Waals surface area contributed by atoms with E-state index in [0.29, 0.717) is 13.0 Å². The number of carbonyl (C=O) groups excluding carboxylic acids is 1. The molecule has 1 amide bonds. The van der Waals surface area contributed by atoms with Crippen LogP contribution in [0.25, 0.3) is 0 Å². The average molecular weight is 403 g/mol. The van der Waals surface area contributed by atoms with E-state index in [0.717, 1.165) is 56.4 Å². The van der Waals surface area contributed by atoms with Crippen molar-refractivity contribution in [1.29, 1.82) is 0 Å². The van der Waals surface area contributed by atoms with Crippen molar-refractivity contribution >= 4 is 11.6 Å². The zero-order valence-electron chi connectivity index (χ0n) is 16.0. The Kier molecular flexibility index (Phi) is 5.92. The van der Waals surface area contributed by atoms with Gasteiger partial charge in [-0.3, -0.25) is 9.69 Å². The first kappa shape index (κ1) is 19.6. The van der Waals surface area contributed by atoms with Crippen LogP contribution in [0.3, 0.4) is 0 Å². The summed E-state index contributed by atoms with van der Waals surface area (Å²) in [4.78, 5) is 16.7. The van der Waals surface area contributed by atoms with Crippen LogP contribution in [-0.4, -0.2) is 55.2 Å². The molecule has 2 heterocycles. The van der Waals surface area contributed by atoms with Crippen LogP contribution in [0.5, 0.6) is 11.5 Å². The van der Waals surface area contributed by atoms with Crippen LogP contribution in [-0.2, 0) is 11.3 Å².